The lowest BCUT2D eigenvalue weighted by Gasteiger charge is -2.13. The summed E-state index contributed by atoms with van der Waals surface area (Å²) in [6.45, 7) is 2.79. The fourth-order valence-electron chi connectivity index (χ4n) is 4.82. The summed E-state index contributed by atoms with van der Waals surface area (Å²) in [7, 11) is 3.17. The average Bonchev–Trinajstić information content (AvgIpc) is 3.21. The number of hydrogen-bond donors (Lipinski definition) is 2. The lowest BCUT2D eigenvalue weighted by atomic mass is 9.98. The smallest absolute Gasteiger partial charge is 0.251 e. The zero-order valence-corrected chi connectivity index (χ0v) is 19.9. The second-order valence-electron chi connectivity index (χ2n) is 8.34. The van der Waals surface area contributed by atoms with Gasteiger partial charge in [-0.1, -0.05) is 42.5 Å². The number of methoxy groups -OCH3 is 2. The van der Waals surface area contributed by atoms with Gasteiger partial charge in [-0.3, -0.25) is 9.59 Å². The van der Waals surface area contributed by atoms with E-state index in [0.29, 0.717) is 35.7 Å². The Balaban J connectivity index is 1.46. The van der Waals surface area contributed by atoms with Gasteiger partial charge in [0.1, 0.15) is 0 Å². The van der Waals surface area contributed by atoms with Crippen LogP contribution >= 0.6 is 0 Å². The van der Waals surface area contributed by atoms with E-state index in [1.165, 1.54) is 0 Å². The van der Waals surface area contributed by atoms with Gasteiger partial charge in [0.05, 0.1) is 14.2 Å². The third-order valence-corrected chi connectivity index (χ3v) is 6.41. The fourth-order valence-corrected chi connectivity index (χ4v) is 4.82. The number of carbonyl (C=O) groups excluding carboxylic acids is 2. The van der Waals surface area contributed by atoms with Crippen molar-refractivity contribution in [3.8, 4) is 33.8 Å². The Hall–Kier alpha value is -4.32. The maximum atomic E-state index is 13.1. The van der Waals surface area contributed by atoms with Crippen molar-refractivity contribution in [2.24, 2.45) is 0 Å². The first kappa shape index (κ1) is 22.5. The van der Waals surface area contributed by atoms with Crippen LogP contribution in [-0.2, 0) is 6.54 Å². The lowest BCUT2D eigenvalue weighted by Crippen LogP contribution is -2.23. The molecule has 0 bridgehead atoms. The van der Waals surface area contributed by atoms with Gasteiger partial charge < -0.3 is 20.1 Å². The molecule has 176 valence electrons. The fraction of sp³-hybridized carbons (Fsp3) is 0.172. The SMILES string of the molecule is CCNC(=O)c1ccc2c3c(cccc13)-c1ccc(C(=O)NCc3cccc(OC)c3OC)cc1-2. The number of amides is 2. The highest BCUT2D eigenvalue weighted by Gasteiger charge is 2.25. The third-order valence-electron chi connectivity index (χ3n) is 6.41. The van der Waals surface area contributed by atoms with Crippen molar-refractivity contribution in [3.05, 3.63) is 83.4 Å². The van der Waals surface area contributed by atoms with Crippen molar-refractivity contribution in [1.82, 2.24) is 10.6 Å². The predicted molar refractivity (Wildman–Crippen MR) is 137 cm³/mol. The van der Waals surface area contributed by atoms with Gasteiger partial charge in [-0.05, 0) is 64.2 Å². The number of carbonyl (C=O) groups is 2. The number of ether oxygens (including phenoxy) is 2. The molecule has 6 heteroatoms. The van der Waals surface area contributed by atoms with Crippen molar-refractivity contribution >= 4 is 22.6 Å². The molecule has 4 aromatic carbocycles. The summed E-state index contributed by atoms with van der Waals surface area (Å²) < 4.78 is 10.8. The Morgan fingerprint density at radius 1 is 0.771 bits per heavy atom. The summed E-state index contributed by atoms with van der Waals surface area (Å²) in [6, 6.07) is 21.2. The van der Waals surface area contributed by atoms with E-state index in [2.05, 4.69) is 16.7 Å². The standard InChI is InChI=1S/C29H26N2O4/c1-4-30-29(33)23-14-13-22-24-15-17(11-12-19(24)20-8-6-9-21(23)26(20)22)28(32)31-16-18-7-5-10-25(34-2)27(18)35-3/h5-15H,4,16H2,1-3H3,(H,30,33)(H,31,32). The molecular weight excluding hydrogens is 440 g/mol. The van der Waals surface area contributed by atoms with E-state index in [1.807, 2.05) is 67.6 Å². The molecule has 0 heterocycles. The van der Waals surface area contributed by atoms with Crippen LogP contribution in [0.15, 0.2) is 66.7 Å². The van der Waals surface area contributed by atoms with E-state index in [-0.39, 0.29) is 11.8 Å². The van der Waals surface area contributed by atoms with Crippen LogP contribution < -0.4 is 20.1 Å². The minimum absolute atomic E-state index is 0.0832. The highest BCUT2D eigenvalue weighted by Crippen LogP contribution is 2.48. The molecule has 0 atom stereocenters. The number of para-hydroxylation sites is 1. The first-order valence-electron chi connectivity index (χ1n) is 11.5. The molecule has 0 unspecified atom stereocenters. The molecule has 0 fully saturated rings. The molecule has 0 spiro atoms. The second-order valence-corrected chi connectivity index (χ2v) is 8.34. The van der Waals surface area contributed by atoms with Gasteiger partial charge in [-0.25, -0.2) is 0 Å². The molecule has 0 radical (unpaired) electrons. The zero-order valence-electron chi connectivity index (χ0n) is 19.9. The Morgan fingerprint density at radius 3 is 2.31 bits per heavy atom. The van der Waals surface area contributed by atoms with Crippen LogP contribution in [-0.4, -0.2) is 32.6 Å². The summed E-state index contributed by atoms with van der Waals surface area (Å²) in [4.78, 5) is 25.7. The summed E-state index contributed by atoms with van der Waals surface area (Å²) in [6.07, 6.45) is 0. The van der Waals surface area contributed by atoms with Gasteiger partial charge in [0.25, 0.3) is 11.8 Å². The van der Waals surface area contributed by atoms with E-state index >= 15 is 0 Å². The normalized spacial score (nSPS) is 11.2. The summed E-state index contributed by atoms with van der Waals surface area (Å²) in [5.74, 6) is 0.966. The van der Waals surface area contributed by atoms with Crippen molar-refractivity contribution < 1.29 is 19.1 Å². The minimum Gasteiger partial charge on any atom is -0.493 e. The van der Waals surface area contributed by atoms with Crippen molar-refractivity contribution in [3.63, 3.8) is 0 Å². The van der Waals surface area contributed by atoms with Crippen LogP contribution in [0, 0.1) is 0 Å². The first-order valence-corrected chi connectivity index (χ1v) is 11.5. The van der Waals surface area contributed by atoms with E-state index in [0.717, 1.165) is 38.6 Å². The van der Waals surface area contributed by atoms with Crippen LogP contribution in [0.4, 0.5) is 0 Å². The minimum atomic E-state index is -0.177. The summed E-state index contributed by atoms with van der Waals surface area (Å²) >= 11 is 0. The Kier molecular flexibility index (Phi) is 5.87. The Bertz CT molecular complexity index is 1480. The van der Waals surface area contributed by atoms with E-state index in [1.54, 1.807) is 14.2 Å². The number of rotatable bonds is 7. The molecule has 0 saturated carbocycles. The van der Waals surface area contributed by atoms with Gasteiger partial charge in [0.15, 0.2) is 11.5 Å². The molecular formula is C29H26N2O4. The number of hydrogen-bond acceptors (Lipinski definition) is 4. The zero-order chi connectivity index (χ0) is 24.5. The molecule has 0 saturated heterocycles. The summed E-state index contributed by atoms with van der Waals surface area (Å²) in [5, 5.41) is 7.84. The molecule has 0 aromatic heterocycles. The topological polar surface area (TPSA) is 76.7 Å². The van der Waals surface area contributed by atoms with Crippen LogP contribution in [0.2, 0.25) is 0 Å². The van der Waals surface area contributed by atoms with Gasteiger partial charge in [0.2, 0.25) is 0 Å². The van der Waals surface area contributed by atoms with Crippen molar-refractivity contribution in [2.75, 3.05) is 20.8 Å². The van der Waals surface area contributed by atoms with E-state index in [4.69, 9.17) is 9.47 Å². The summed E-state index contributed by atoms with van der Waals surface area (Å²) in [5.41, 5.74) is 6.21. The first-order chi connectivity index (χ1) is 17.1. The van der Waals surface area contributed by atoms with Gasteiger partial charge in [0, 0.05) is 29.8 Å². The maximum absolute atomic E-state index is 13.1. The van der Waals surface area contributed by atoms with Gasteiger partial charge >= 0.3 is 0 Å². The van der Waals surface area contributed by atoms with Gasteiger partial charge in [-0.2, -0.15) is 0 Å². The molecule has 1 aliphatic carbocycles. The monoisotopic (exact) mass is 466 g/mol. The molecule has 2 amide bonds. The van der Waals surface area contributed by atoms with Crippen LogP contribution in [0.25, 0.3) is 33.0 Å². The largest absolute Gasteiger partial charge is 0.493 e. The molecule has 0 aliphatic heterocycles. The average molecular weight is 467 g/mol. The lowest BCUT2D eigenvalue weighted by molar-refractivity contribution is 0.0945. The predicted octanol–water partition coefficient (Wildman–Crippen LogP) is 5.18. The van der Waals surface area contributed by atoms with Crippen LogP contribution in [0.5, 0.6) is 11.5 Å². The highest BCUT2D eigenvalue weighted by molar-refractivity contribution is 6.20. The maximum Gasteiger partial charge on any atom is 0.251 e. The van der Waals surface area contributed by atoms with E-state index in [9.17, 15) is 9.59 Å². The second kappa shape index (κ2) is 9.14. The van der Waals surface area contributed by atoms with Gasteiger partial charge in [-0.15, -0.1) is 0 Å². The van der Waals surface area contributed by atoms with Crippen LogP contribution in [0.3, 0.4) is 0 Å². The number of benzene rings is 4. The number of fused-ring (bicyclic) bond motifs is 3. The molecule has 2 N–H and O–H groups in total. The molecule has 35 heavy (non-hydrogen) atoms. The number of nitrogens with one attached hydrogen (secondary N) is 2. The highest BCUT2D eigenvalue weighted by atomic mass is 16.5. The molecule has 5 rings (SSSR count). The molecule has 6 nitrogen and oxygen atoms in total. The quantitative estimate of drug-likeness (QED) is 0.346. The Labute approximate surface area is 203 Å². The van der Waals surface area contributed by atoms with Crippen LogP contribution in [0.1, 0.15) is 33.2 Å². The molecule has 4 aromatic rings. The third kappa shape index (κ3) is 3.77. The van der Waals surface area contributed by atoms with Crippen molar-refractivity contribution in [2.45, 2.75) is 13.5 Å². The van der Waals surface area contributed by atoms with E-state index < -0.39 is 0 Å². The Morgan fingerprint density at radius 2 is 1.54 bits per heavy atom. The van der Waals surface area contributed by atoms with Crippen molar-refractivity contribution in [1.29, 1.82) is 0 Å². The molecule has 1 aliphatic rings.